The van der Waals surface area contributed by atoms with Crippen molar-refractivity contribution in [2.45, 2.75) is 32.3 Å². The summed E-state index contributed by atoms with van der Waals surface area (Å²) in [6.07, 6.45) is 2.16. The lowest BCUT2D eigenvalue weighted by Gasteiger charge is -2.17. The van der Waals surface area contributed by atoms with Crippen molar-refractivity contribution in [1.82, 2.24) is 4.90 Å². The predicted octanol–water partition coefficient (Wildman–Crippen LogP) is 2.98. The minimum Gasteiger partial charge on any atom is -0.489 e. The SMILES string of the molecule is CCCCOC(=O)N1CCC(Oc2ccc([N+](=O)[O-])cc2)C1. The summed E-state index contributed by atoms with van der Waals surface area (Å²) in [6.45, 7) is 3.56. The van der Waals surface area contributed by atoms with Crippen molar-refractivity contribution in [3.63, 3.8) is 0 Å². The van der Waals surface area contributed by atoms with E-state index in [2.05, 4.69) is 0 Å². The summed E-state index contributed by atoms with van der Waals surface area (Å²) in [5.41, 5.74) is 0.0277. The Labute approximate surface area is 129 Å². The molecule has 1 atom stereocenters. The number of rotatable bonds is 6. The van der Waals surface area contributed by atoms with Gasteiger partial charge in [-0.15, -0.1) is 0 Å². The number of nitro benzene ring substituents is 1. The lowest BCUT2D eigenvalue weighted by Crippen LogP contribution is -2.31. The first-order valence-electron chi connectivity index (χ1n) is 7.43. The van der Waals surface area contributed by atoms with E-state index in [1.165, 1.54) is 12.1 Å². The van der Waals surface area contributed by atoms with Crippen LogP contribution in [0.15, 0.2) is 24.3 Å². The van der Waals surface area contributed by atoms with E-state index in [1.807, 2.05) is 6.92 Å². The maximum Gasteiger partial charge on any atom is 0.409 e. The van der Waals surface area contributed by atoms with E-state index in [1.54, 1.807) is 17.0 Å². The second-order valence-electron chi connectivity index (χ2n) is 5.19. The summed E-state index contributed by atoms with van der Waals surface area (Å²) in [5, 5.41) is 10.6. The number of nitro groups is 1. The van der Waals surface area contributed by atoms with Gasteiger partial charge < -0.3 is 14.4 Å². The molecule has 1 aliphatic rings. The Morgan fingerprint density at radius 2 is 2.14 bits per heavy atom. The maximum absolute atomic E-state index is 11.8. The van der Waals surface area contributed by atoms with Gasteiger partial charge in [-0.25, -0.2) is 4.79 Å². The summed E-state index contributed by atoms with van der Waals surface area (Å²) < 4.78 is 10.9. The highest BCUT2D eigenvalue weighted by molar-refractivity contribution is 5.68. The number of hydrogen-bond donors (Lipinski definition) is 0. The van der Waals surface area contributed by atoms with Gasteiger partial charge in [-0.3, -0.25) is 10.1 Å². The number of nitrogens with zero attached hydrogens (tertiary/aromatic N) is 2. The lowest BCUT2D eigenvalue weighted by atomic mass is 10.3. The number of carbonyl (C=O) groups is 1. The Hall–Kier alpha value is -2.31. The molecule has 0 spiro atoms. The van der Waals surface area contributed by atoms with Gasteiger partial charge in [0.15, 0.2) is 0 Å². The second-order valence-corrected chi connectivity index (χ2v) is 5.19. The van der Waals surface area contributed by atoms with Gasteiger partial charge in [0, 0.05) is 25.1 Å². The Morgan fingerprint density at radius 1 is 1.41 bits per heavy atom. The molecule has 22 heavy (non-hydrogen) atoms. The van der Waals surface area contributed by atoms with E-state index in [0.29, 0.717) is 25.4 Å². The van der Waals surface area contributed by atoms with Gasteiger partial charge in [-0.1, -0.05) is 13.3 Å². The number of unbranched alkanes of at least 4 members (excludes halogenated alkanes) is 1. The van der Waals surface area contributed by atoms with Crippen LogP contribution in [0.4, 0.5) is 10.5 Å². The van der Waals surface area contributed by atoms with Crippen LogP contribution in [-0.4, -0.2) is 41.7 Å². The molecule has 0 bridgehead atoms. The molecule has 7 nitrogen and oxygen atoms in total. The third kappa shape index (κ3) is 4.34. The highest BCUT2D eigenvalue weighted by atomic mass is 16.6. The van der Waals surface area contributed by atoms with Gasteiger partial charge in [0.05, 0.1) is 18.1 Å². The zero-order valence-corrected chi connectivity index (χ0v) is 12.6. The molecule has 0 radical (unpaired) electrons. The number of carbonyl (C=O) groups excluding carboxylic acids is 1. The molecule has 2 rings (SSSR count). The van der Waals surface area contributed by atoms with Crippen LogP contribution >= 0.6 is 0 Å². The molecule has 1 unspecified atom stereocenters. The first-order valence-corrected chi connectivity index (χ1v) is 7.43. The molecule has 0 saturated carbocycles. The van der Waals surface area contributed by atoms with Crippen LogP contribution in [0.3, 0.4) is 0 Å². The largest absolute Gasteiger partial charge is 0.489 e. The van der Waals surface area contributed by atoms with Crippen molar-refractivity contribution in [2.24, 2.45) is 0 Å². The topological polar surface area (TPSA) is 81.9 Å². The van der Waals surface area contributed by atoms with Gasteiger partial charge in [0.25, 0.3) is 5.69 Å². The van der Waals surface area contributed by atoms with E-state index in [0.717, 1.165) is 19.3 Å². The van der Waals surface area contributed by atoms with Crippen LogP contribution in [-0.2, 0) is 4.74 Å². The molecular weight excluding hydrogens is 288 g/mol. The Kier molecular flexibility index (Phi) is 5.57. The zero-order chi connectivity index (χ0) is 15.9. The molecule has 0 aromatic heterocycles. The number of hydrogen-bond acceptors (Lipinski definition) is 5. The fourth-order valence-electron chi connectivity index (χ4n) is 2.22. The van der Waals surface area contributed by atoms with Gasteiger partial charge in [0.2, 0.25) is 0 Å². The van der Waals surface area contributed by atoms with Gasteiger partial charge in [-0.2, -0.15) is 0 Å². The Morgan fingerprint density at radius 3 is 2.77 bits per heavy atom. The van der Waals surface area contributed by atoms with E-state index < -0.39 is 4.92 Å². The maximum atomic E-state index is 11.8. The first kappa shape index (κ1) is 16.1. The highest BCUT2D eigenvalue weighted by Gasteiger charge is 2.28. The highest BCUT2D eigenvalue weighted by Crippen LogP contribution is 2.21. The Bertz CT molecular complexity index is 517. The summed E-state index contributed by atoms with van der Waals surface area (Å²) in [7, 11) is 0. The van der Waals surface area contributed by atoms with Crippen LogP contribution in [0, 0.1) is 10.1 Å². The average molecular weight is 308 g/mol. The van der Waals surface area contributed by atoms with Crippen molar-refractivity contribution < 1.29 is 19.2 Å². The van der Waals surface area contributed by atoms with Crippen molar-refractivity contribution in [2.75, 3.05) is 19.7 Å². The summed E-state index contributed by atoms with van der Waals surface area (Å²) >= 11 is 0. The number of amides is 1. The van der Waals surface area contributed by atoms with Gasteiger partial charge in [0.1, 0.15) is 11.9 Å². The summed E-state index contributed by atoms with van der Waals surface area (Å²) in [4.78, 5) is 23.6. The molecule has 1 aromatic rings. The fourth-order valence-corrected chi connectivity index (χ4v) is 2.22. The molecule has 1 saturated heterocycles. The van der Waals surface area contributed by atoms with Crippen LogP contribution in [0.2, 0.25) is 0 Å². The molecule has 7 heteroatoms. The third-order valence-electron chi connectivity index (χ3n) is 3.48. The van der Waals surface area contributed by atoms with E-state index in [9.17, 15) is 14.9 Å². The van der Waals surface area contributed by atoms with Crippen LogP contribution in [0.25, 0.3) is 0 Å². The molecule has 120 valence electrons. The van der Waals surface area contributed by atoms with Gasteiger partial charge >= 0.3 is 6.09 Å². The standard InChI is InChI=1S/C15H20N2O5/c1-2-3-10-21-15(18)16-9-8-14(11-16)22-13-6-4-12(5-7-13)17(19)20/h4-7,14H,2-3,8-11H2,1H3. The van der Waals surface area contributed by atoms with Crippen LogP contribution in [0.5, 0.6) is 5.75 Å². The first-order chi connectivity index (χ1) is 10.6. The minimum atomic E-state index is -0.451. The predicted molar refractivity (Wildman–Crippen MR) is 80.0 cm³/mol. The van der Waals surface area contributed by atoms with Crippen LogP contribution in [0.1, 0.15) is 26.2 Å². The number of non-ortho nitro benzene ring substituents is 1. The van der Waals surface area contributed by atoms with Crippen molar-refractivity contribution in [1.29, 1.82) is 0 Å². The van der Waals surface area contributed by atoms with Crippen molar-refractivity contribution in [3.8, 4) is 5.75 Å². The van der Waals surface area contributed by atoms with E-state index in [-0.39, 0.29) is 17.9 Å². The summed E-state index contributed by atoms with van der Waals surface area (Å²) in [5.74, 6) is 0.566. The summed E-state index contributed by atoms with van der Waals surface area (Å²) in [6, 6.07) is 5.95. The fraction of sp³-hybridized carbons (Fsp3) is 0.533. The quantitative estimate of drug-likeness (QED) is 0.458. The minimum absolute atomic E-state index is 0.0277. The van der Waals surface area contributed by atoms with E-state index >= 15 is 0 Å². The zero-order valence-electron chi connectivity index (χ0n) is 12.6. The van der Waals surface area contributed by atoms with Crippen LogP contribution < -0.4 is 4.74 Å². The third-order valence-corrected chi connectivity index (χ3v) is 3.48. The van der Waals surface area contributed by atoms with Crippen molar-refractivity contribution in [3.05, 3.63) is 34.4 Å². The average Bonchev–Trinajstić information content (AvgIpc) is 2.96. The monoisotopic (exact) mass is 308 g/mol. The Balaban J connectivity index is 1.80. The molecule has 1 heterocycles. The number of benzene rings is 1. The van der Waals surface area contributed by atoms with Gasteiger partial charge in [-0.05, 0) is 18.6 Å². The lowest BCUT2D eigenvalue weighted by molar-refractivity contribution is -0.384. The second kappa shape index (κ2) is 7.63. The number of likely N-dealkylation sites (tertiary alicyclic amines) is 1. The normalized spacial score (nSPS) is 17.3. The molecule has 1 amide bonds. The molecular formula is C15H20N2O5. The van der Waals surface area contributed by atoms with E-state index in [4.69, 9.17) is 9.47 Å². The smallest absolute Gasteiger partial charge is 0.409 e. The molecule has 1 aliphatic heterocycles. The number of ether oxygens (including phenoxy) is 2. The van der Waals surface area contributed by atoms with Crippen molar-refractivity contribution >= 4 is 11.8 Å². The molecule has 1 fully saturated rings. The molecule has 1 aromatic carbocycles. The molecule has 0 N–H and O–H groups in total. The molecule has 0 aliphatic carbocycles.